The van der Waals surface area contributed by atoms with Crippen LogP contribution in [0.15, 0.2) is 0 Å². The Morgan fingerprint density at radius 3 is 1.14 bits per heavy atom. The minimum absolute atomic E-state index is 0. The molecule has 0 bridgehead atoms. The normalized spacial score (nSPS) is 8.29. The van der Waals surface area contributed by atoms with E-state index in [0.29, 0.717) is 0 Å². The van der Waals surface area contributed by atoms with E-state index >= 15 is 0 Å². The third-order valence-electron chi connectivity index (χ3n) is 0. The van der Waals surface area contributed by atoms with Crippen molar-refractivity contribution < 1.29 is 42.5 Å². The maximum Gasteiger partial charge on any atom is 2.00 e. The van der Waals surface area contributed by atoms with Crippen LogP contribution >= 0.6 is 0 Å². The molecule has 0 aromatic carbocycles. The Balaban J connectivity index is -0.0000000800. The van der Waals surface area contributed by atoms with Crippen molar-refractivity contribution in [2.45, 2.75) is 0 Å². The molecule has 0 aromatic rings. The first-order valence-corrected chi connectivity index (χ1v) is 2.00. The monoisotopic (exact) mass is 217 g/mol. The van der Waals surface area contributed by atoms with Gasteiger partial charge in [0.2, 0.25) is 0 Å². The summed E-state index contributed by atoms with van der Waals surface area (Å²) in [6.07, 6.45) is 0. The molecule has 47 valence electrons. The van der Waals surface area contributed by atoms with Gasteiger partial charge in [-0.15, -0.1) is 0 Å². The van der Waals surface area contributed by atoms with Crippen LogP contribution in [-0.4, -0.2) is 23.0 Å². The first-order valence-electron chi connectivity index (χ1n) is 0.667. The molecule has 0 rings (SSSR count). The first-order chi connectivity index (χ1) is 2.00. The predicted octanol–water partition coefficient (Wildman–Crippen LogP) is -2.17. The Morgan fingerprint density at radius 2 is 1.14 bits per heavy atom. The van der Waals surface area contributed by atoms with Crippen molar-refractivity contribution >= 4 is 10.4 Å². The van der Waals surface area contributed by atoms with E-state index in [4.69, 9.17) is 17.5 Å². The van der Waals surface area contributed by atoms with Crippen LogP contribution in [0.4, 0.5) is 0 Å². The summed E-state index contributed by atoms with van der Waals surface area (Å²) >= 11 is 0. The van der Waals surface area contributed by atoms with Gasteiger partial charge in [-0.3, -0.25) is 8.42 Å². The first kappa shape index (κ1) is 15.7. The van der Waals surface area contributed by atoms with E-state index in [2.05, 4.69) is 0 Å². The molecule has 0 aliphatic rings. The Morgan fingerprint density at radius 1 is 1.14 bits per heavy atom. The molecule has 0 unspecified atom stereocenters. The van der Waals surface area contributed by atoms with E-state index in [0.717, 1.165) is 0 Å². The van der Waals surface area contributed by atoms with E-state index in [1.165, 1.54) is 0 Å². The molecule has 0 atom stereocenters. The molecular formula is H2O5RhS. The molecule has 0 aliphatic heterocycles. The zero-order valence-electron chi connectivity index (χ0n) is 2.87. The van der Waals surface area contributed by atoms with Gasteiger partial charge in [-0.25, -0.2) is 0 Å². The third-order valence-corrected chi connectivity index (χ3v) is 0. The minimum Gasteiger partial charge on any atom is -0.759 e. The minimum atomic E-state index is -5.17. The molecule has 0 saturated heterocycles. The zero-order chi connectivity index (χ0) is 4.50. The van der Waals surface area contributed by atoms with E-state index in [1.54, 1.807) is 0 Å². The molecule has 0 spiro atoms. The quantitative estimate of drug-likeness (QED) is 0.261. The van der Waals surface area contributed by atoms with Gasteiger partial charge in [-0.2, -0.15) is 0 Å². The van der Waals surface area contributed by atoms with Crippen LogP contribution in [0.3, 0.4) is 0 Å². The van der Waals surface area contributed by atoms with Crippen LogP contribution in [-0.2, 0) is 29.9 Å². The molecule has 7 heteroatoms. The molecule has 0 aliphatic carbocycles. The van der Waals surface area contributed by atoms with Gasteiger partial charge in [-0.1, -0.05) is 0 Å². The maximum absolute atomic E-state index is 8.52. The molecule has 0 amide bonds. The standard InChI is InChI=1S/H2O4S.H2O.Rh/c1-5(2,3)4;;/h(H2,1,2,3,4);1H2;/q;;+2/p-2. The second kappa shape index (κ2) is 4.61. The average Bonchev–Trinajstić information content (AvgIpc) is 0.722. The van der Waals surface area contributed by atoms with Crippen LogP contribution in [0.2, 0.25) is 0 Å². The van der Waals surface area contributed by atoms with Gasteiger partial charge >= 0.3 is 19.5 Å². The SMILES string of the molecule is O.O=S(=O)([O-])[O-].[Rh+2]. The summed E-state index contributed by atoms with van der Waals surface area (Å²) in [5.74, 6) is 0. The third kappa shape index (κ3) is 623. The molecule has 0 aromatic heterocycles. The summed E-state index contributed by atoms with van der Waals surface area (Å²) in [7, 11) is -5.17. The Bertz CT molecular complexity index is 91.2. The van der Waals surface area contributed by atoms with Crippen molar-refractivity contribution in [3.05, 3.63) is 0 Å². The van der Waals surface area contributed by atoms with Crippen molar-refractivity contribution in [1.82, 2.24) is 0 Å². The second-order valence-corrected chi connectivity index (χ2v) is 1.22. The van der Waals surface area contributed by atoms with Gasteiger partial charge in [0.15, 0.2) is 0 Å². The van der Waals surface area contributed by atoms with Crippen molar-refractivity contribution in [1.29, 1.82) is 0 Å². The van der Waals surface area contributed by atoms with Crippen LogP contribution in [0.25, 0.3) is 0 Å². The smallest absolute Gasteiger partial charge is 0.759 e. The molecule has 7 heavy (non-hydrogen) atoms. The zero-order valence-corrected chi connectivity index (χ0v) is 5.33. The summed E-state index contributed by atoms with van der Waals surface area (Å²) in [4.78, 5) is 0. The topological polar surface area (TPSA) is 112 Å². The Labute approximate surface area is 53.4 Å². The van der Waals surface area contributed by atoms with Crippen LogP contribution in [0.5, 0.6) is 0 Å². The van der Waals surface area contributed by atoms with Crippen molar-refractivity contribution in [3.8, 4) is 0 Å². The number of rotatable bonds is 0. The van der Waals surface area contributed by atoms with Gasteiger partial charge in [0.25, 0.3) is 0 Å². The van der Waals surface area contributed by atoms with Crippen molar-refractivity contribution in [2.24, 2.45) is 0 Å². The fraction of sp³-hybridized carbons (Fsp3) is 0. The molecule has 0 heterocycles. The number of hydrogen-bond donors (Lipinski definition) is 0. The molecule has 5 nitrogen and oxygen atoms in total. The summed E-state index contributed by atoms with van der Waals surface area (Å²) in [5, 5.41) is 0. The van der Waals surface area contributed by atoms with E-state index in [1.807, 2.05) is 0 Å². The van der Waals surface area contributed by atoms with Crippen molar-refractivity contribution in [2.75, 3.05) is 0 Å². The second-order valence-electron chi connectivity index (χ2n) is 0.408. The summed E-state index contributed by atoms with van der Waals surface area (Å²) < 4.78 is 34.1. The fourth-order valence-electron chi connectivity index (χ4n) is 0. The summed E-state index contributed by atoms with van der Waals surface area (Å²) in [6.45, 7) is 0. The molecule has 2 N–H and O–H groups in total. The van der Waals surface area contributed by atoms with Gasteiger partial charge < -0.3 is 14.6 Å². The van der Waals surface area contributed by atoms with Gasteiger partial charge in [0, 0.05) is 10.4 Å². The maximum atomic E-state index is 8.52. The molecule has 1 radical (unpaired) electrons. The average molecular weight is 217 g/mol. The van der Waals surface area contributed by atoms with E-state index in [-0.39, 0.29) is 25.0 Å². The van der Waals surface area contributed by atoms with E-state index in [9.17, 15) is 0 Å². The van der Waals surface area contributed by atoms with Crippen LogP contribution < -0.4 is 0 Å². The van der Waals surface area contributed by atoms with Crippen molar-refractivity contribution in [3.63, 3.8) is 0 Å². The molecule has 0 saturated carbocycles. The van der Waals surface area contributed by atoms with Crippen LogP contribution in [0, 0.1) is 0 Å². The Kier molecular flexibility index (Phi) is 10.3. The largest absolute Gasteiger partial charge is 2.00 e. The predicted molar refractivity (Wildman–Crippen MR) is 14.1 cm³/mol. The summed E-state index contributed by atoms with van der Waals surface area (Å²) in [6, 6.07) is 0. The molecule has 0 fully saturated rings. The van der Waals surface area contributed by atoms with E-state index < -0.39 is 10.4 Å². The van der Waals surface area contributed by atoms with Gasteiger partial charge in [0.05, 0.1) is 0 Å². The Hall–Kier alpha value is 0.453. The van der Waals surface area contributed by atoms with Gasteiger partial charge in [0.1, 0.15) is 0 Å². The van der Waals surface area contributed by atoms with Crippen LogP contribution in [0.1, 0.15) is 0 Å². The molecular weight excluding hydrogens is 215 g/mol. The fourth-order valence-corrected chi connectivity index (χ4v) is 0. The number of hydrogen-bond acceptors (Lipinski definition) is 4. The summed E-state index contributed by atoms with van der Waals surface area (Å²) in [5.41, 5.74) is 0. The van der Waals surface area contributed by atoms with Gasteiger partial charge in [-0.05, 0) is 0 Å².